The smallest absolute Gasteiger partial charge is 0.243 e. The number of anilines is 1. The topological polar surface area (TPSA) is 58.2 Å². The monoisotopic (exact) mass is 256 g/mol. The lowest BCUT2D eigenvalue weighted by Crippen LogP contribution is -2.32. The van der Waals surface area contributed by atoms with Gasteiger partial charge in [-0.05, 0) is 18.6 Å². The number of amides is 2. The van der Waals surface area contributed by atoms with Crippen molar-refractivity contribution in [2.75, 3.05) is 11.9 Å². The van der Waals surface area contributed by atoms with E-state index in [-0.39, 0.29) is 18.1 Å². The van der Waals surface area contributed by atoms with Crippen molar-refractivity contribution in [3.05, 3.63) is 29.8 Å². The van der Waals surface area contributed by atoms with Gasteiger partial charge >= 0.3 is 0 Å². The molecule has 2 N–H and O–H groups in total. The fraction of sp³-hybridized carbons (Fsp3) is 0.333. The molecule has 0 atom stereocenters. The van der Waals surface area contributed by atoms with Crippen LogP contribution in [0.3, 0.4) is 0 Å². The van der Waals surface area contributed by atoms with E-state index in [2.05, 4.69) is 10.6 Å². The van der Waals surface area contributed by atoms with Crippen LogP contribution in [-0.4, -0.2) is 18.4 Å². The maximum Gasteiger partial charge on any atom is 0.243 e. The summed E-state index contributed by atoms with van der Waals surface area (Å²) in [4.78, 5) is 22.5. The van der Waals surface area contributed by atoms with E-state index < -0.39 is 17.5 Å². The third-order valence-corrected chi connectivity index (χ3v) is 2.13. The molecule has 1 aromatic rings. The summed E-state index contributed by atoms with van der Waals surface area (Å²) in [7, 11) is 0. The van der Waals surface area contributed by atoms with Gasteiger partial charge in [-0.25, -0.2) is 8.78 Å². The van der Waals surface area contributed by atoms with Crippen molar-refractivity contribution in [1.29, 1.82) is 0 Å². The van der Waals surface area contributed by atoms with Crippen molar-refractivity contribution in [2.45, 2.75) is 19.8 Å². The standard InChI is InChI=1S/C12H14F2N2O2/c1-2-3-11(17)15-7-12(18)16-10-5-4-8(13)6-9(10)14/h4-6H,2-3,7H2,1H3,(H,15,17)(H,16,18). The van der Waals surface area contributed by atoms with Crippen molar-refractivity contribution < 1.29 is 18.4 Å². The summed E-state index contributed by atoms with van der Waals surface area (Å²) in [6.07, 6.45) is 1.01. The third kappa shape index (κ3) is 4.48. The molecule has 18 heavy (non-hydrogen) atoms. The van der Waals surface area contributed by atoms with Gasteiger partial charge in [0, 0.05) is 12.5 Å². The Morgan fingerprint density at radius 2 is 1.94 bits per heavy atom. The first kappa shape index (κ1) is 14.1. The number of hydrogen-bond donors (Lipinski definition) is 2. The van der Waals surface area contributed by atoms with Crippen LogP contribution in [0.1, 0.15) is 19.8 Å². The first-order valence-corrected chi connectivity index (χ1v) is 5.54. The summed E-state index contributed by atoms with van der Waals surface area (Å²) in [5.74, 6) is -2.39. The van der Waals surface area contributed by atoms with Gasteiger partial charge in [0.2, 0.25) is 11.8 Å². The first-order valence-electron chi connectivity index (χ1n) is 5.54. The van der Waals surface area contributed by atoms with Gasteiger partial charge in [0.1, 0.15) is 11.6 Å². The normalized spacial score (nSPS) is 9.94. The Balaban J connectivity index is 2.47. The van der Waals surface area contributed by atoms with Crippen molar-refractivity contribution in [3.8, 4) is 0 Å². The highest BCUT2D eigenvalue weighted by Gasteiger charge is 2.08. The second-order valence-electron chi connectivity index (χ2n) is 3.70. The highest BCUT2D eigenvalue weighted by atomic mass is 19.1. The summed E-state index contributed by atoms with van der Waals surface area (Å²) in [6.45, 7) is 1.60. The van der Waals surface area contributed by atoms with Crippen LogP contribution in [-0.2, 0) is 9.59 Å². The lowest BCUT2D eigenvalue weighted by molar-refractivity contribution is -0.124. The molecule has 0 saturated carbocycles. The van der Waals surface area contributed by atoms with Gasteiger partial charge in [-0.1, -0.05) is 6.92 Å². The quantitative estimate of drug-likeness (QED) is 0.844. The van der Waals surface area contributed by atoms with E-state index in [0.29, 0.717) is 18.9 Å². The van der Waals surface area contributed by atoms with Crippen LogP contribution in [0.5, 0.6) is 0 Å². The molecular weight excluding hydrogens is 242 g/mol. The zero-order chi connectivity index (χ0) is 13.5. The van der Waals surface area contributed by atoms with Gasteiger partial charge in [-0.15, -0.1) is 0 Å². The summed E-state index contributed by atoms with van der Waals surface area (Å²) < 4.78 is 25.8. The molecule has 0 aliphatic heterocycles. The second kappa shape index (κ2) is 6.68. The fourth-order valence-electron chi connectivity index (χ4n) is 1.28. The molecular formula is C12H14F2N2O2. The van der Waals surface area contributed by atoms with Gasteiger partial charge in [0.05, 0.1) is 12.2 Å². The molecule has 1 aromatic carbocycles. The number of carbonyl (C=O) groups excluding carboxylic acids is 2. The number of nitrogens with one attached hydrogen (secondary N) is 2. The minimum atomic E-state index is -0.858. The predicted molar refractivity (Wildman–Crippen MR) is 62.9 cm³/mol. The molecule has 1 rings (SSSR count). The molecule has 0 bridgehead atoms. The van der Waals surface area contributed by atoms with E-state index in [4.69, 9.17) is 0 Å². The Morgan fingerprint density at radius 3 is 2.56 bits per heavy atom. The number of rotatable bonds is 5. The Bertz CT molecular complexity index is 450. The Kier molecular flexibility index (Phi) is 5.23. The molecule has 0 unspecified atom stereocenters. The Labute approximate surface area is 103 Å². The first-order chi connectivity index (χ1) is 8.52. The molecule has 0 aromatic heterocycles. The summed E-state index contributed by atoms with van der Waals surface area (Å²) in [5.41, 5.74) is -0.119. The molecule has 0 heterocycles. The highest BCUT2D eigenvalue weighted by molar-refractivity contribution is 5.94. The summed E-state index contributed by atoms with van der Waals surface area (Å²) >= 11 is 0. The van der Waals surface area contributed by atoms with Crippen molar-refractivity contribution in [1.82, 2.24) is 5.32 Å². The van der Waals surface area contributed by atoms with E-state index in [9.17, 15) is 18.4 Å². The minimum absolute atomic E-state index is 0.119. The average molecular weight is 256 g/mol. The Hall–Kier alpha value is -1.98. The van der Waals surface area contributed by atoms with Crippen LogP contribution in [0.4, 0.5) is 14.5 Å². The van der Waals surface area contributed by atoms with Crippen LogP contribution in [0.25, 0.3) is 0 Å². The number of benzene rings is 1. The second-order valence-corrected chi connectivity index (χ2v) is 3.70. The summed E-state index contributed by atoms with van der Waals surface area (Å²) in [5, 5.41) is 4.63. The van der Waals surface area contributed by atoms with Gasteiger partial charge in [-0.2, -0.15) is 0 Å². The molecule has 4 nitrogen and oxygen atoms in total. The third-order valence-electron chi connectivity index (χ3n) is 2.13. The molecule has 6 heteroatoms. The van der Waals surface area contributed by atoms with E-state index in [0.717, 1.165) is 12.1 Å². The van der Waals surface area contributed by atoms with Crippen LogP contribution < -0.4 is 10.6 Å². The van der Waals surface area contributed by atoms with Crippen molar-refractivity contribution >= 4 is 17.5 Å². The number of carbonyl (C=O) groups is 2. The van der Waals surface area contributed by atoms with Gasteiger partial charge < -0.3 is 10.6 Å². The van der Waals surface area contributed by atoms with Gasteiger partial charge in [0.15, 0.2) is 0 Å². The Morgan fingerprint density at radius 1 is 1.22 bits per heavy atom. The summed E-state index contributed by atoms with van der Waals surface area (Å²) in [6, 6.07) is 2.83. The zero-order valence-corrected chi connectivity index (χ0v) is 9.93. The van der Waals surface area contributed by atoms with Gasteiger partial charge in [0.25, 0.3) is 0 Å². The molecule has 2 amide bonds. The maximum absolute atomic E-state index is 13.2. The molecule has 0 aliphatic rings. The fourth-order valence-corrected chi connectivity index (χ4v) is 1.28. The molecule has 0 fully saturated rings. The van der Waals surface area contributed by atoms with Crippen molar-refractivity contribution in [2.24, 2.45) is 0 Å². The van der Waals surface area contributed by atoms with Crippen LogP contribution in [0.2, 0.25) is 0 Å². The molecule has 0 radical (unpaired) electrons. The minimum Gasteiger partial charge on any atom is -0.347 e. The average Bonchev–Trinajstić information content (AvgIpc) is 2.31. The van der Waals surface area contributed by atoms with E-state index in [1.165, 1.54) is 0 Å². The van der Waals surface area contributed by atoms with Gasteiger partial charge in [-0.3, -0.25) is 9.59 Å². The zero-order valence-electron chi connectivity index (χ0n) is 9.93. The maximum atomic E-state index is 13.2. The van der Waals surface area contributed by atoms with Crippen LogP contribution in [0, 0.1) is 11.6 Å². The van der Waals surface area contributed by atoms with Crippen LogP contribution >= 0.6 is 0 Å². The van der Waals surface area contributed by atoms with E-state index >= 15 is 0 Å². The lowest BCUT2D eigenvalue weighted by atomic mass is 10.3. The molecule has 0 saturated heterocycles. The van der Waals surface area contributed by atoms with Crippen molar-refractivity contribution in [3.63, 3.8) is 0 Å². The van der Waals surface area contributed by atoms with E-state index in [1.54, 1.807) is 0 Å². The highest BCUT2D eigenvalue weighted by Crippen LogP contribution is 2.14. The van der Waals surface area contributed by atoms with E-state index in [1.807, 2.05) is 6.92 Å². The number of halogens is 2. The number of hydrogen-bond acceptors (Lipinski definition) is 2. The largest absolute Gasteiger partial charge is 0.347 e. The molecule has 98 valence electrons. The molecule has 0 aliphatic carbocycles. The molecule has 0 spiro atoms. The lowest BCUT2D eigenvalue weighted by Gasteiger charge is -2.07. The SMILES string of the molecule is CCCC(=O)NCC(=O)Nc1ccc(F)cc1F. The van der Waals surface area contributed by atoms with Crippen LogP contribution in [0.15, 0.2) is 18.2 Å². The predicted octanol–water partition coefficient (Wildman–Crippen LogP) is 1.82.